The number of primary amides is 2. The zero-order valence-corrected chi connectivity index (χ0v) is 16.5. The number of aromatic hydroxyl groups is 2. The molecule has 3 aromatic rings. The van der Waals surface area contributed by atoms with Gasteiger partial charge in [-0.1, -0.05) is 60.7 Å². The molecule has 0 aromatic heterocycles. The van der Waals surface area contributed by atoms with Gasteiger partial charge in [0.2, 0.25) is 12.0 Å². The summed E-state index contributed by atoms with van der Waals surface area (Å²) in [7, 11) is 0. The van der Waals surface area contributed by atoms with Crippen LogP contribution in [0.3, 0.4) is 0 Å². The Balaban J connectivity index is 0.000000285. The largest absolute Gasteiger partial charge is 0.504 e. The molecule has 0 aliphatic carbocycles. The fourth-order valence-corrected chi connectivity index (χ4v) is 2.54. The molecule has 160 valence electrons. The summed E-state index contributed by atoms with van der Waals surface area (Å²) in [6.07, 6.45) is -0.893. The molecule has 0 bridgehead atoms. The van der Waals surface area contributed by atoms with Crippen molar-refractivity contribution >= 4 is 17.8 Å². The lowest BCUT2D eigenvalue weighted by molar-refractivity contribution is -0.127. The van der Waals surface area contributed by atoms with Crippen LogP contribution >= 0.6 is 0 Å². The van der Waals surface area contributed by atoms with Crippen LogP contribution in [0.15, 0.2) is 78.9 Å². The van der Waals surface area contributed by atoms with Crippen LogP contribution in [-0.2, 0) is 20.7 Å². The summed E-state index contributed by atoms with van der Waals surface area (Å²) >= 11 is 0. The van der Waals surface area contributed by atoms with Crippen LogP contribution < -0.4 is 11.5 Å². The van der Waals surface area contributed by atoms with E-state index in [9.17, 15) is 24.6 Å². The number of nitrogens with two attached hydrogens (primary N) is 2. The standard InChI is InChI=1S/C15H13NO5.C8H9NO/c16-14(19)13(9-4-2-1-3-5-9)21-15(20)10-6-7-11(17)12(18)8-10;9-8(10)6-7-4-2-1-3-5-7/h1-8,13,17-18H,(H2,16,19);1-5H,6H2,(H2,9,10). The number of phenolic OH excluding ortho intramolecular Hbond substituents is 2. The van der Waals surface area contributed by atoms with E-state index in [4.69, 9.17) is 16.2 Å². The van der Waals surface area contributed by atoms with E-state index in [1.807, 2.05) is 30.3 Å². The van der Waals surface area contributed by atoms with E-state index in [-0.39, 0.29) is 17.2 Å². The number of phenols is 2. The van der Waals surface area contributed by atoms with Crippen molar-refractivity contribution < 1.29 is 29.3 Å². The van der Waals surface area contributed by atoms with Crippen LogP contribution in [-0.4, -0.2) is 28.0 Å². The molecule has 8 heteroatoms. The summed E-state index contributed by atoms with van der Waals surface area (Å²) in [6, 6.07) is 21.2. The van der Waals surface area contributed by atoms with Crippen molar-refractivity contribution in [3.63, 3.8) is 0 Å². The molecule has 31 heavy (non-hydrogen) atoms. The highest BCUT2D eigenvalue weighted by Gasteiger charge is 2.23. The highest BCUT2D eigenvalue weighted by Crippen LogP contribution is 2.26. The fourth-order valence-electron chi connectivity index (χ4n) is 2.54. The minimum atomic E-state index is -1.23. The van der Waals surface area contributed by atoms with Crippen LogP contribution in [0, 0.1) is 0 Å². The number of esters is 1. The summed E-state index contributed by atoms with van der Waals surface area (Å²) in [5.41, 5.74) is 11.6. The molecule has 1 atom stereocenters. The Morgan fingerprint density at radius 3 is 1.90 bits per heavy atom. The summed E-state index contributed by atoms with van der Waals surface area (Å²) in [5, 5.41) is 18.6. The van der Waals surface area contributed by atoms with E-state index < -0.39 is 23.7 Å². The van der Waals surface area contributed by atoms with Crippen molar-refractivity contribution in [1.82, 2.24) is 0 Å². The van der Waals surface area contributed by atoms with Crippen molar-refractivity contribution in [3.8, 4) is 11.5 Å². The van der Waals surface area contributed by atoms with Crippen LogP contribution in [0.2, 0.25) is 0 Å². The van der Waals surface area contributed by atoms with E-state index in [0.717, 1.165) is 17.7 Å². The third-order valence-electron chi connectivity index (χ3n) is 4.02. The molecule has 3 rings (SSSR count). The lowest BCUT2D eigenvalue weighted by Crippen LogP contribution is -2.26. The first-order valence-corrected chi connectivity index (χ1v) is 9.17. The van der Waals surface area contributed by atoms with Crippen LogP contribution in [0.25, 0.3) is 0 Å². The molecule has 8 nitrogen and oxygen atoms in total. The van der Waals surface area contributed by atoms with Gasteiger partial charge in [0.25, 0.3) is 5.91 Å². The lowest BCUT2D eigenvalue weighted by Gasteiger charge is -2.15. The molecule has 0 saturated carbocycles. The van der Waals surface area contributed by atoms with Crippen molar-refractivity contribution in [3.05, 3.63) is 95.6 Å². The van der Waals surface area contributed by atoms with Gasteiger partial charge in [-0.3, -0.25) is 9.59 Å². The highest BCUT2D eigenvalue weighted by atomic mass is 16.5. The molecule has 0 fully saturated rings. The zero-order chi connectivity index (χ0) is 22.8. The zero-order valence-electron chi connectivity index (χ0n) is 16.5. The van der Waals surface area contributed by atoms with Gasteiger partial charge < -0.3 is 26.4 Å². The van der Waals surface area contributed by atoms with Crippen LogP contribution in [0.1, 0.15) is 27.6 Å². The number of hydrogen-bond donors (Lipinski definition) is 4. The molecule has 0 radical (unpaired) electrons. The highest BCUT2D eigenvalue weighted by molar-refractivity contribution is 5.93. The Hall–Kier alpha value is -4.33. The number of ether oxygens (including phenoxy) is 1. The molecule has 0 saturated heterocycles. The maximum absolute atomic E-state index is 12.0. The average molecular weight is 422 g/mol. The lowest BCUT2D eigenvalue weighted by atomic mass is 10.1. The van der Waals surface area contributed by atoms with E-state index in [2.05, 4.69) is 0 Å². The van der Waals surface area contributed by atoms with Gasteiger partial charge >= 0.3 is 5.97 Å². The van der Waals surface area contributed by atoms with E-state index in [1.54, 1.807) is 30.3 Å². The second-order valence-electron chi connectivity index (χ2n) is 6.43. The molecule has 6 N–H and O–H groups in total. The second-order valence-corrected chi connectivity index (χ2v) is 6.43. The smallest absolute Gasteiger partial charge is 0.339 e. The van der Waals surface area contributed by atoms with Gasteiger partial charge in [0.15, 0.2) is 11.5 Å². The van der Waals surface area contributed by atoms with Gasteiger partial charge in [0.05, 0.1) is 12.0 Å². The predicted molar refractivity (Wildman–Crippen MR) is 113 cm³/mol. The first-order valence-electron chi connectivity index (χ1n) is 9.17. The Labute approximate surface area is 178 Å². The van der Waals surface area contributed by atoms with Crippen LogP contribution in [0.4, 0.5) is 0 Å². The third kappa shape index (κ3) is 7.21. The molecule has 0 heterocycles. The maximum Gasteiger partial charge on any atom is 0.339 e. The van der Waals surface area contributed by atoms with Crippen molar-refractivity contribution in [1.29, 1.82) is 0 Å². The predicted octanol–water partition coefficient (Wildman–Crippen LogP) is 2.20. The topological polar surface area (TPSA) is 153 Å². The van der Waals surface area contributed by atoms with Gasteiger partial charge in [0, 0.05) is 5.56 Å². The Morgan fingerprint density at radius 2 is 1.39 bits per heavy atom. The summed E-state index contributed by atoms with van der Waals surface area (Å²) in [5.74, 6) is -2.75. The first-order chi connectivity index (χ1) is 14.8. The Morgan fingerprint density at radius 1 is 0.806 bits per heavy atom. The van der Waals surface area contributed by atoms with Gasteiger partial charge in [-0.05, 0) is 23.8 Å². The summed E-state index contributed by atoms with van der Waals surface area (Å²) in [4.78, 5) is 33.8. The Kier molecular flexibility index (Phi) is 8.15. The summed E-state index contributed by atoms with van der Waals surface area (Å²) in [6.45, 7) is 0. The summed E-state index contributed by atoms with van der Waals surface area (Å²) < 4.78 is 5.07. The third-order valence-corrected chi connectivity index (χ3v) is 4.02. The number of rotatable bonds is 6. The van der Waals surface area contributed by atoms with Crippen molar-refractivity contribution in [2.75, 3.05) is 0 Å². The SMILES string of the molecule is NC(=O)C(OC(=O)c1ccc(O)c(O)c1)c1ccccc1.NC(=O)Cc1ccccc1. The van der Waals surface area contributed by atoms with E-state index in [1.165, 1.54) is 6.07 Å². The number of benzene rings is 3. The molecule has 3 aromatic carbocycles. The molecule has 1 unspecified atom stereocenters. The number of amides is 2. The van der Waals surface area contributed by atoms with Gasteiger partial charge in [-0.15, -0.1) is 0 Å². The van der Waals surface area contributed by atoms with Crippen molar-refractivity contribution in [2.24, 2.45) is 11.5 Å². The molecular weight excluding hydrogens is 400 g/mol. The van der Waals surface area contributed by atoms with Gasteiger partial charge in [0.1, 0.15) is 0 Å². The van der Waals surface area contributed by atoms with Crippen molar-refractivity contribution in [2.45, 2.75) is 12.5 Å². The number of carbonyl (C=O) groups is 3. The molecule has 0 aliphatic rings. The number of hydrogen-bond acceptors (Lipinski definition) is 6. The van der Waals surface area contributed by atoms with Gasteiger partial charge in [-0.25, -0.2) is 4.79 Å². The quantitative estimate of drug-likeness (QED) is 0.353. The molecule has 0 spiro atoms. The Bertz CT molecular complexity index is 1040. The minimum absolute atomic E-state index is 0.00696. The van der Waals surface area contributed by atoms with Crippen LogP contribution in [0.5, 0.6) is 11.5 Å². The second kappa shape index (κ2) is 11.0. The minimum Gasteiger partial charge on any atom is -0.504 e. The fraction of sp³-hybridized carbons (Fsp3) is 0.0870. The molecule has 2 amide bonds. The first kappa shape index (κ1) is 23.0. The maximum atomic E-state index is 12.0. The normalized spacial score (nSPS) is 10.8. The van der Waals surface area contributed by atoms with E-state index in [0.29, 0.717) is 12.0 Å². The molecule has 0 aliphatic heterocycles. The monoisotopic (exact) mass is 422 g/mol. The van der Waals surface area contributed by atoms with E-state index >= 15 is 0 Å². The molecular formula is C23H22N2O6. The van der Waals surface area contributed by atoms with Gasteiger partial charge in [-0.2, -0.15) is 0 Å². The number of carbonyl (C=O) groups excluding carboxylic acids is 3. The average Bonchev–Trinajstić information content (AvgIpc) is 2.75.